The number of hydrogen-bond donors (Lipinski definition) is 0. The number of nitrogens with zero attached hydrogens (tertiary/aromatic N) is 2. The number of rotatable bonds is 4. The molecule has 3 unspecified atom stereocenters. The lowest BCUT2D eigenvalue weighted by molar-refractivity contribution is -0.198. The molecule has 3 aliphatic rings. The van der Waals surface area contributed by atoms with Crippen LogP contribution in [0.1, 0.15) is 40.9 Å². The Morgan fingerprint density at radius 3 is 2.25 bits per heavy atom. The first-order chi connectivity index (χ1) is 17.7. The lowest BCUT2D eigenvalue weighted by atomic mass is 9.84. The second-order valence-corrected chi connectivity index (χ2v) is 9.88. The van der Waals surface area contributed by atoms with Gasteiger partial charge in [-0.3, -0.25) is 4.84 Å². The second kappa shape index (κ2) is 8.40. The van der Waals surface area contributed by atoms with Crippen LogP contribution in [0.5, 0.6) is 11.5 Å². The molecule has 0 radical (unpaired) electrons. The van der Waals surface area contributed by atoms with Gasteiger partial charge in [-0.15, -0.1) is 5.06 Å². The Morgan fingerprint density at radius 1 is 0.750 bits per heavy atom. The largest absolute Gasteiger partial charge is 0.454 e. The number of anilines is 1. The zero-order valence-corrected chi connectivity index (χ0v) is 20.2. The van der Waals surface area contributed by atoms with Gasteiger partial charge in [0.15, 0.2) is 11.5 Å². The molecule has 0 N–H and O–H groups in total. The van der Waals surface area contributed by atoms with Gasteiger partial charge in [0.05, 0.1) is 5.54 Å². The Kier molecular flexibility index (Phi) is 5.01. The molecule has 4 aromatic carbocycles. The first kappa shape index (κ1) is 21.5. The fourth-order valence-corrected chi connectivity index (χ4v) is 5.88. The third-order valence-corrected chi connectivity index (χ3v) is 7.68. The van der Waals surface area contributed by atoms with Crippen molar-refractivity contribution in [1.82, 2.24) is 5.06 Å². The molecule has 7 rings (SSSR count). The molecule has 5 nitrogen and oxygen atoms in total. The molecule has 2 saturated heterocycles. The molecule has 5 heteroatoms. The molecule has 0 spiro atoms. The molecule has 2 fully saturated rings. The number of fused-ring (bicyclic) bond motifs is 2. The topological polar surface area (TPSA) is 34.2 Å². The minimum absolute atomic E-state index is 0.0249. The molecule has 3 heterocycles. The van der Waals surface area contributed by atoms with Gasteiger partial charge in [-0.2, -0.15) is 0 Å². The Hall–Kier alpha value is -3.80. The molecule has 4 aromatic rings. The Morgan fingerprint density at radius 2 is 1.47 bits per heavy atom. The summed E-state index contributed by atoms with van der Waals surface area (Å²) in [5.74, 6) is 1.57. The molecule has 36 heavy (non-hydrogen) atoms. The third-order valence-electron chi connectivity index (χ3n) is 7.68. The Labute approximate surface area is 211 Å². The molecule has 0 saturated carbocycles. The molecular formula is C31H28N2O3. The van der Waals surface area contributed by atoms with Crippen LogP contribution in [-0.4, -0.2) is 18.4 Å². The zero-order valence-electron chi connectivity index (χ0n) is 20.2. The van der Waals surface area contributed by atoms with E-state index in [1.165, 1.54) is 22.4 Å². The zero-order chi connectivity index (χ0) is 24.1. The van der Waals surface area contributed by atoms with Gasteiger partial charge in [0.1, 0.15) is 12.3 Å². The molecule has 0 amide bonds. The van der Waals surface area contributed by atoms with E-state index < -0.39 is 0 Å². The number of ether oxygens (including phenoxy) is 2. The molecule has 3 atom stereocenters. The highest BCUT2D eigenvalue weighted by molar-refractivity contribution is 5.55. The van der Waals surface area contributed by atoms with Crippen LogP contribution >= 0.6 is 0 Å². The van der Waals surface area contributed by atoms with Crippen molar-refractivity contribution in [2.45, 2.75) is 31.2 Å². The summed E-state index contributed by atoms with van der Waals surface area (Å²) in [6.45, 7) is 3.19. The first-order valence-corrected chi connectivity index (χ1v) is 12.5. The minimum atomic E-state index is -0.312. The predicted octanol–water partition coefficient (Wildman–Crippen LogP) is 6.52. The van der Waals surface area contributed by atoms with Crippen molar-refractivity contribution >= 4 is 5.69 Å². The van der Waals surface area contributed by atoms with E-state index in [4.69, 9.17) is 14.3 Å². The summed E-state index contributed by atoms with van der Waals surface area (Å²) >= 11 is 0. The van der Waals surface area contributed by atoms with Crippen molar-refractivity contribution in [3.05, 3.63) is 125 Å². The van der Waals surface area contributed by atoms with Crippen molar-refractivity contribution in [3.63, 3.8) is 0 Å². The van der Waals surface area contributed by atoms with Gasteiger partial charge < -0.3 is 14.4 Å². The van der Waals surface area contributed by atoms with E-state index in [0.717, 1.165) is 30.0 Å². The standard InChI is InChI=1S/C31H28N2O3/c1-22-12-15-26(16-13-22)32-20-31(25-10-6-3-7-11-25)19-29(23-8-4-2-5-9-23)36-33(31)30(32)24-14-17-27-28(18-24)35-21-34-27/h2-18,29-30H,19-21H2,1H3. The highest BCUT2D eigenvalue weighted by atomic mass is 16.7. The minimum Gasteiger partial charge on any atom is -0.454 e. The van der Waals surface area contributed by atoms with Gasteiger partial charge >= 0.3 is 0 Å². The van der Waals surface area contributed by atoms with Gasteiger partial charge in [0, 0.05) is 18.7 Å². The Bertz CT molecular complexity index is 1380. The maximum absolute atomic E-state index is 6.91. The summed E-state index contributed by atoms with van der Waals surface area (Å²) in [5, 5.41) is 2.25. The second-order valence-electron chi connectivity index (χ2n) is 9.88. The fourth-order valence-electron chi connectivity index (χ4n) is 5.88. The quantitative estimate of drug-likeness (QED) is 0.335. The van der Waals surface area contributed by atoms with E-state index in [0.29, 0.717) is 0 Å². The van der Waals surface area contributed by atoms with Crippen molar-refractivity contribution in [2.75, 3.05) is 18.2 Å². The SMILES string of the molecule is Cc1ccc(N2CC3(c4ccccc4)CC(c4ccccc4)ON3C2c2ccc3c(c2)OCO3)cc1. The van der Waals surface area contributed by atoms with Crippen LogP contribution in [-0.2, 0) is 10.4 Å². The summed E-state index contributed by atoms with van der Waals surface area (Å²) in [5.41, 5.74) is 5.70. The van der Waals surface area contributed by atoms with E-state index in [1.807, 2.05) is 6.07 Å². The number of hydrogen-bond acceptors (Lipinski definition) is 5. The predicted molar refractivity (Wildman–Crippen MR) is 139 cm³/mol. The van der Waals surface area contributed by atoms with Crippen LogP contribution < -0.4 is 14.4 Å². The van der Waals surface area contributed by atoms with Crippen LogP contribution in [0.3, 0.4) is 0 Å². The van der Waals surface area contributed by atoms with Gasteiger partial charge in [0.25, 0.3) is 0 Å². The van der Waals surface area contributed by atoms with E-state index in [1.54, 1.807) is 0 Å². The van der Waals surface area contributed by atoms with Crippen molar-refractivity contribution < 1.29 is 14.3 Å². The van der Waals surface area contributed by atoms with Crippen LogP contribution in [0.15, 0.2) is 103 Å². The van der Waals surface area contributed by atoms with Crippen LogP contribution in [0.4, 0.5) is 5.69 Å². The molecule has 180 valence electrons. The van der Waals surface area contributed by atoms with Crippen molar-refractivity contribution in [1.29, 1.82) is 0 Å². The fraction of sp³-hybridized carbons (Fsp3) is 0.226. The smallest absolute Gasteiger partial charge is 0.231 e. The van der Waals surface area contributed by atoms with Crippen LogP contribution in [0.2, 0.25) is 0 Å². The molecule has 0 aromatic heterocycles. The highest BCUT2D eigenvalue weighted by Gasteiger charge is 2.59. The van der Waals surface area contributed by atoms with Crippen LogP contribution in [0, 0.1) is 6.92 Å². The van der Waals surface area contributed by atoms with Gasteiger partial charge in [-0.25, -0.2) is 0 Å². The van der Waals surface area contributed by atoms with Gasteiger partial charge in [-0.05, 0) is 47.9 Å². The van der Waals surface area contributed by atoms with Crippen molar-refractivity contribution in [3.8, 4) is 11.5 Å². The third kappa shape index (κ3) is 3.39. The summed E-state index contributed by atoms with van der Waals surface area (Å²) in [4.78, 5) is 9.37. The average Bonchev–Trinajstić information content (AvgIpc) is 3.62. The lowest BCUT2D eigenvalue weighted by Crippen LogP contribution is -2.37. The summed E-state index contributed by atoms with van der Waals surface area (Å²) < 4.78 is 11.4. The summed E-state index contributed by atoms with van der Waals surface area (Å²) in [7, 11) is 0. The highest BCUT2D eigenvalue weighted by Crippen LogP contribution is 2.57. The number of benzene rings is 4. The Balaban J connectivity index is 1.39. The van der Waals surface area contributed by atoms with E-state index in [9.17, 15) is 0 Å². The first-order valence-electron chi connectivity index (χ1n) is 12.5. The lowest BCUT2D eigenvalue weighted by Gasteiger charge is -2.32. The van der Waals surface area contributed by atoms with E-state index >= 15 is 0 Å². The molecule has 3 aliphatic heterocycles. The van der Waals surface area contributed by atoms with Gasteiger partial charge in [-0.1, -0.05) is 84.4 Å². The van der Waals surface area contributed by atoms with E-state index in [2.05, 4.69) is 114 Å². The molecular weight excluding hydrogens is 448 g/mol. The maximum Gasteiger partial charge on any atom is 0.231 e. The molecule has 0 bridgehead atoms. The van der Waals surface area contributed by atoms with Crippen molar-refractivity contribution in [2.24, 2.45) is 0 Å². The summed E-state index contributed by atoms with van der Waals surface area (Å²) in [6, 6.07) is 36.4. The average molecular weight is 477 g/mol. The monoisotopic (exact) mass is 476 g/mol. The molecule has 0 aliphatic carbocycles. The van der Waals surface area contributed by atoms with Gasteiger partial charge in [0.2, 0.25) is 6.79 Å². The number of hydroxylamine groups is 2. The maximum atomic E-state index is 6.91. The normalized spacial score (nSPS) is 24.8. The van der Waals surface area contributed by atoms with Crippen LogP contribution in [0.25, 0.3) is 0 Å². The number of aryl methyl sites for hydroxylation is 1. The van der Waals surface area contributed by atoms with E-state index in [-0.39, 0.29) is 24.6 Å². The summed E-state index contributed by atoms with van der Waals surface area (Å²) in [6.07, 6.45) is 0.712.